The molecule has 5 atom stereocenters. The predicted molar refractivity (Wildman–Crippen MR) is 81.9 cm³/mol. The highest BCUT2D eigenvalue weighted by Crippen LogP contribution is 2.51. The highest BCUT2D eigenvalue weighted by Gasteiger charge is 2.69. The molecule has 0 aliphatic carbocycles. The molecule has 0 spiro atoms. The van der Waals surface area contributed by atoms with Crippen LogP contribution in [0.4, 0.5) is 0 Å². The molecule has 3 rings (SSSR count). The maximum Gasteiger partial charge on any atom is 0.324 e. The summed E-state index contributed by atoms with van der Waals surface area (Å²) in [7, 11) is 0. The lowest BCUT2D eigenvalue weighted by Gasteiger charge is -2.36. The summed E-state index contributed by atoms with van der Waals surface area (Å²) in [5.41, 5.74) is -4.93. The van der Waals surface area contributed by atoms with Crippen LogP contribution in [-0.2, 0) is 33.4 Å². The lowest BCUT2D eigenvalue weighted by atomic mass is 9.63. The molecule has 0 aromatic heterocycles. The van der Waals surface area contributed by atoms with Crippen molar-refractivity contribution in [2.75, 3.05) is 13.2 Å². The Morgan fingerprint density at radius 3 is 1.67 bits per heavy atom. The summed E-state index contributed by atoms with van der Waals surface area (Å²) in [6, 6.07) is 0. The van der Waals surface area contributed by atoms with Crippen LogP contribution in [0, 0.1) is 16.7 Å². The third-order valence-corrected chi connectivity index (χ3v) is 5.76. The first-order valence-corrected chi connectivity index (χ1v) is 8.40. The summed E-state index contributed by atoms with van der Waals surface area (Å²) in [6.07, 6.45) is -3.91. The molecule has 3 saturated heterocycles. The van der Waals surface area contributed by atoms with Gasteiger partial charge in [0, 0.05) is 0 Å². The first-order chi connectivity index (χ1) is 12.6. The summed E-state index contributed by atoms with van der Waals surface area (Å²) < 4.78 is 15.2. The zero-order chi connectivity index (χ0) is 20.1. The van der Waals surface area contributed by atoms with Gasteiger partial charge in [-0.3, -0.25) is 19.2 Å². The molecule has 0 amide bonds. The van der Waals surface area contributed by atoms with Crippen molar-refractivity contribution in [2.45, 2.75) is 44.2 Å². The molecule has 3 aliphatic heterocycles. The number of ether oxygens (including phenoxy) is 3. The third kappa shape index (κ3) is 3.05. The number of epoxide rings is 3. The van der Waals surface area contributed by atoms with E-state index in [9.17, 15) is 39.6 Å². The molecule has 11 heteroatoms. The molecule has 150 valence electrons. The summed E-state index contributed by atoms with van der Waals surface area (Å²) in [5.74, 6) is -8.15. The molecule has 3 heterocycles. The zero-order valence-corrected chi connectivity index (χ0v) is 14.4. The Bertz CT molecular complexity index is 650. The van der Waals surface area contributed by atoms with Crippen LogP contribution in [0.15, 0.2) is 0 Å². The fourth-order valence-electron chi connectivity index (χ4n) is 3.87. The topological polar surface area (TPSA) is 187 Å². The van der Waals surface area contributed by atoms with E-state index in [-0.39, 0.29) is 25.7 Å². The molecule has 0 radical (unpaired) electrons. The van der Waals surface area contributed by atoms with E-state index in [0.717, 1.165) is 0 Å². The van der Waals surface area contributed by atoms with Gasteiger partial charge in [-0.15, -0.1) is 0 Å². The van der Waals surface area contributed by atoms with E-state index in [1.54, 1.807) is 6.92 Å². The van der Waals surface area contributed by atoms with Gasteiger partial charge in [0.2, 0.25) is 0 Å². The van der Waals surface area contributed by atoms with Gasteiger partial charge in [0.1, 0.15) is 12.2 Å². The molecule has 3 aliphatic rings. The lowest BCUT2D eigenvalue weighted by molar-refractivity contribution is -0.180. The maximum absolute atomic E-state index is 12.1. The van der Waals surface area contributed by atoms with E-state index in [4.69, 9.17) is 14.2 Å². The number of carbonyl (C=O) groups is 4. The fourth-order valence-corrected chi connectivity index (χ4v) is 3.87. The average molecular weight is 388 g/mol. The van der Waals surface area contributed by atoms with Gasteiger partial charge in [0.05, 0.1) is 25.4 Å². The maximum atomic E-state index is 12.1. The van der Waals surface area contributed by atoms with E-state index in [1.807, 2.05) is 0 Å². The van der Waals surface area contributed by atoms with E-state index >= 15 is 0 Å². The minimum absolute atomic E-state index is 0.116. The van der Waals surface area contributed by atoms with Crippen molar-refractivity contribution in [1.29, 1.82) is 0 Å². The van der Waals surface area contributed by atoms with Gasteiger partial charge in [-0.25, -0.2) is 0 Å². The van der Waals surface area contributed by atoms with Crippen LogP contribution < -0.4 is 0 Å². The predicted octanol–water partition coefficient (Wildman–Crippen LogP) is -0.721. The van der Waals surface area contributed by atoms with E-state index in [0.29, 0.717) is 0 Å². The smallest absolute Gasteiger partial charge is 0.324 e. The van der Waals surface area contributed by atoms with Crippen molar-refractivity contribution in [3.8, 4) is 0 Å². The number of aliphatic carboxylic acids is 4. The molecular weight excluding hydrogens is 368 g/mol. The largest absolute Gasteiger partial charge is 0.480 e. The van der Waals surface area contributed by atoms with Gasteiger partial charge in [0.25, 0.3) is 0 Å². The summed E-state index contributed by atoms with van der Waals surface area (Å²) in [6.45, 7) is 1.46. The minimum atomic E-state index is -2.48. The zero-order valence-electron chi connectivity index (χ0n) is 14.4. The first-order valence-electron chi connectivity index (χ1n) is 8.40. The number of hydrogen-bond donors (Lipinski definition) is 4. The molecular formula is C16H20O11. The number of rotatable bonds is 11. The molecule has 0 saturated carbocycles. The van der Waals surface area contributed by atoms with Gasteiger partial charge in [-0.1, -0.05) is 0 Å². The molecule has 3 fully saturated rings. The van der Waals surface area contributed by atoms with E-state index in [2.05, 4.69) is 0 Å². The highest BCUT2D eigenvalue weighted by molar-refractivity contribution is 6.02. The number of carboxylic acids is 4. The molecule has 0 aromatic carbocycles. The SMILES string of the molecule is CC1OC1CC(CC(C(=O)O)(C(=O)O)C1CO1)C(C(=O)O)(C(=O)O)C1CO1. The van der Waals surface area contributed by atoms with Crippen molar-refractivity contribution in [3.63, 3.8) is 0 Å². The molecule has 27 heavy (non-hydrogen) atoms. The normalized spacial score (nSPS) is 30.3. The van der Waals surface area contributed by atoms with Gasteiger partial charge < -0.3 is 34.6 Å². The Balaban J connectivity index is 2.04. The number of carboxylic acid groups (broad SMARTS) is 4. The minimum Gasteiger partial charge on any atom is -0.480 e. The van der Waals surface area contributed by atoms with Crippen molar-refractivity contribution >= 4 is 23.9 Å². The van der Waals surface area contributed by atoms with Crippen molar-refractivity contribution in [2.24, 2.45) is 16.7 Å². The molecule has 0 aromatic rings. The third-order valence-electron chi connectivity index (χ3n) is 5.76. The molecule has 0 bridgehead atoms. The molecule has 11 nitrogen and oxygen atoms in total. The van der Waals surface area contributed by atoms with Crippen molar-refractivity contribution in [1.82, 2.24) is 0 Å². The van der Waals surface area contributed by atoms with Crippen molar-refractivity contribution < 1.29 is 53.8 Å². The van der Waals surface area contributed by atoms with E-state index in [1.165, 1.54) is 0 Å². The lowest BCUT2D eigenvalue weighted by Crippen LogP contribution is -2.55. The fraction of sp³-hybridized carbons (Fsp3) is 0.750. The molecule has 4 N–H and O–H groups in total. The second-order valence-corrected chi connectivity index (χ2v) is 7.22. The van der Waals surface area contributed by atoms with Gasteiger partial charge >= 0.3 is 23.9 Å². The summed E-state index contributed by atoms with van der Waals surface area (Å²) in [5, 5.41) is 38.8. The monoisotopic (exact) mass is 388 g/mol. The average Bonchev–Trinajstić information content (AvgIpc) is 3.39. The van der Waals surface area contributed by atoms with Crippen LogP contribution in [-0.4, -0.2) is 81.9 Å². The summed E-state index contributed by atoms with van der Waals surface area (Å²) in [4.78, 5) is 47.9. The Kier molecular flexibility index (Phi) is 4.65. The van der Waals surface area contributed by atoms with Crippen molar-refractivity contribution in [3.05, 3.63) is 0 Å². The second-order valence-electron chi connectivity index (χ2n) is 7.22. The van der Waals surface area contributed by atoms with Crippen LogP contribution >= 0.6 is 0 Å². The Hall–Kier alpha value is -2.24. The standard InChI is InChI=1S/C16H20O11/c1-6-8(27-6)2-7(16(13(21)22,14(23)24)10-5-26-10)3-15(11(17)18,12(19)20)9-4-25-9/h6-10H,2-5H2,1H3,(H,17,18)(H,19,20)(H,21,22)(H,23,24). The Labute approximate surface area is 152 Å². The Morgan fingerprint density at radius 2 is 1.37 bits per heavy atom. The quantitative estimate of drug-likeness (QED) is 0.258. The Morgan fingerprint density at radius 1 is 0.926 bits per heavy atom. The summed E-state index contributed by atoms with van der Waals surface area (Å²) >= 11 is 0. The van der Waals surface area contributed by atoms with Crippen LogP contribution in [0.1, 0.15) is 19.8 Å². The van der Waals surface area contributed by atoms with Crippen LogP contribution in [0.2, 0.25) is 0 Å². The molecule has 5 unspecified atom stereocenters. The first kappa shape index (κ1) is 19.5. The van der Waals surface area contributed by atoms with Gasteiger partial charge in [-0.05, 0) is 25.7 Å². The van der Waals surface area contributed by atoms with Crippen LogP contribution in [0.3, 0.4) is 0 Å². The number of hydrogen-bond acceptors (Lipinski definition) is 7. The van der Waals surface area contributed by atoms with Gasteiger partial charge in [-0.2, -0.15) is 0 Å². The van der Waals surface area contributed by atoms with Crippen LogP contribution in [0.5, 0.6) is 0 Å². The second kappa shape index (κ2) is 6.43. The van der Waals surface area contributed by atoms with E-state index < -0.39 is 65.4 Å². The van der Waals surface area contributed by atoms with Gasteiger partial charge in [0.15, 0.2) is 10.8 Å². The van der Waals surface area contributed by atoms with Crippen LogP contribution in [0.25, 0.3) is 0 Å². The highest BCUT2D eigenvalue weighted by atomic mass is 16.6.